The largest absolute Gasteiger partial charge is 0.372 e. The van der Waals surface area contributed by atoms with Gasteiger partial charge < -0.3 is 15.1 Å². The zero-order chi connectivity index (χ0) is 18.5. The van der Waals surface area contributed by atoms with E-state index >= 15 is 0 Å². The molecule has 0 atom stereocenters. The molecule has 0 unspecified atom stereocenters. The Labute approximate surface area is 164 Å². The van der Waals surface area contributed by atoms with Gasteiger partial charge in [0.1, 0.15) is 0 Å². The van der Waals surface area contributed by atoms with Crippen LogP contribution in [0.5, 0.6) is 0 Å². The molecule has 0 spiro atoms. The summed E-state index contributed by atoms with van der Waals surface area (Å²) >= 11 is 3.38. The van der Waals surface area contributed by atoms with Crippen LogP contribution >= 0.6 is 15.9 Å². The van der Waals surface area contributed by atoms with Crippen molar-refractivity contribution in [2.75, 3.05) is 43.9 Å². The first-order valence-corrected chi connectivity index (χ1v) is 9.87. The standard InChI is InChI=1S/C21H26BrN3O/c1-24(2)15-16-11-13-25(14-12-16)20-9-7-19(8-10-20)23-21(26)17-3-5-18(22)6-4-17/h3-10,16H,11-15H2,1-2H3,(H,23,26). The molecule has 1 saturated heterocycles. The van der Waals surface area contributed by atoms with Crippen LogP contribution < -0.4 is 10.2 Å². The molecule has 3 rings (SSSR count). The third-order valence-corrected chi connectivity index (χ3v) is 5.36. The van der Waals surface area contributed by atoms with Crippen LogP contribution in [0.2, 0.25) is 0 Å². The van der Waals surface area contributed by atoms with Gasteiger partial charge >= 0.3 is 0 Å². The summed E-state index contributed by atoms with van der Waals surface area (Å²) in [4.78, 5) is 17.0. The van der Waals surface area contributed by atoms with Gasteiger partial charge in [0, 0.05) is 41.0 Å². The minimum absolute atomic E-state index is 0.0882. The Hall–Kier alpha value is -1.85. The molecule has 2 aromatic rings. The van der Waals surface area contributed by atoms with Crippen molar-refractivity contribution in [1.29, 1.82) is 0 Å². The Kier molecular flexibility index (Phi) is 6.33. The third-order valence-electron chi connectivity index (χ3n) is 4.83. The smallest absolute Gasteiger partial charge is 0.255 e. The second-order valence-electron chi connectivity index (χ2n) is 7.20. The van der Waals surface area contributed by atoms with E-state index in [1.807, 2.05) is 36.4 Å². The average Bonchev–Trinajstić information content (AvgIpc) is 2.63. The van der Waals surface area contributed by atoms with E-state index in [0.717, 1.165) is 29.2 Å². The second kappa shape index (κ2) is 8.69. The van der Waals surface area contributed by atoms with E-state index in [-0.39, 0.29) is 5.91 Å². The van der Waals surface area contributed by atoms with Crippen LogP contribution in [-0.4, -0.2) is 44.5 Å². The zero-order valence-corrected chi connectivity index (χ0v) is 17.0. The molecule has 1 N–H and O–H groups in total. The molecule has 0 bridgehead atoms. The molecule has 0 aliphatic carbocycles. The number of carbonyl (C=O) groups is 1. The number of piperidine rings is 1. The fourth-order valence-corrected chi connectivity index (χ4v) is 3.71. The summed E-state index contributed by atoms with van der Waals surface area (Å²) in [6.45, 7) is 3.38. The number of carbonyl (C=O) groups excluding carboxylic acids is 1. The van der Waals surface area contributed by atoms with E-state index in [1.165, 1.54) is 25.1 Å². The molecule has 26 heavy (non-hydrogen) atoms. The van der Waals surface area contributed by atoms with Crippen molar-refractivity contribution in [3.63, 3.8) is 0 Å². The third kappa shape index (κ3) is 5.08. The SMILES string of the molecule is CN(C)CC1CCN(c2ccc(NC(=O)c3ccc(Br)cc3)cc2)CC1. The lowest BCUT2D eigenvalue weighted by Gasteiger charge is -2.34. The Morgan fingerprint density at radius 3 is 2.27 bits per heavy atom. The van der Waals surface area contributed by atoms with Gasteiger partial charge in [-0.1, -0.05) is 15.9 Å². The first-order chi connectivity index (χ1) is 12.5. The Morgan fingerprint density at radius 2 is 1.69 bits per heavy atom. The van der Waals surface area contributed by atoms with Gasteiger partial charge in [-0.15, -0.1) is 0 Å². The van der Waals surface area contributed by atoms with Crippen LogP contribution in [0.15, 0.2) is 53.0 Å². The number of hydrogen-bond donors (Lipinski definition) is 1. The number of hydrogen-bond acceptors (Lipinski definition) is 3. The van der Waals surface area contributed by atoms with Gasteiger partial charge in [-0.3, -0.25) is 4.79 Å². The van der Waals surface area contributed by atoms with Crippen molar-refractivity contribution in [3.05, 3.63) is 58.6 Å². The zero-order valence-electron chi connectivity index (χ0n) is 15.4. The fourth-order valence-electron chi connectivity index (χ4n) is 3.45. The van der Waals surface area contributed by atoms with Crippen LogP contribution in [0, 0.1) is 5.92 Å². The van der Waals surface area contributed by atoms with Gasteiger partial charge in [0.2, 0.25) is 0 Å². The van der Waals surface area contributed by atoms with Crippen molar-refractivity contribution >= 4 is 33.2 Å². The summed E-state index contributed by atoms with van der Waals surface area (Å²) in [7, 11) is 4.29. The van der Waals surface area contributed by atoms with E-state index in [9.17, 15) is 4.79 Å². The molecule has 1 amide bonds. The Balaban J connectivity index is 1.55. The highest BCUT2D eigenvalue weighted by atomic mass is 79.9. The quantitative estimate of drug-likeness (QED) is 0.781. The first-order valence-electron chi connectivity index (χ1n) is 9.08. The molecule has 1 aliphatic heterocycles. The lowest BCUT2D eigenvalue weighted by Crippen LogP contribution is -2.37. The van der Waals surface area contributed by atoms with Gasteiger partial charge in [-0.05, 0) is 81.4 Å². The predicted molar refractivity (Wildman–Crippen MR) is 112 cm³/mol. The molecule has 2 aromatic carbocycles. The normalized spacial score (nSPS) is 15.3. The number of anilines is 2. The summed E-state index contributed by atoms with van der Waals surface area (Å²) in [5, 5.41) is 2.96. The maximum absolute atomic E-state index is 12.3. The van der Waals surface area contributed by atoms with Gasteiger partial charge in [-0.2, -0.15) is 0 Å². The Bertz CT molecular complexity index is 720. The van der Waals surface area contributed by atoms with E-state index in [1.54, 1.807) is 0 Å². The van der Waals surface area contributed by atoms with Crippen LogP contribution in [0.25, 0.3) is 0 Å². The molecule has 1 aliphatic rings. The van der Waals surface area contributed by atoms with Crippen molar-refractivity contribution in [3.8, 4) is 0 Å². The van der Waals surface area contributed by atoms with E-state index in [2.05, 4.69) is 57.3 Å². The topological polar surface area (TPSA) is 35.6 Å². The predicted octanol–water partition coefficient (Wildman–Crippen LogP) is 4.48. The highest BCUT2D eigenvalue weighted by Crippen LogP contribution is 2.25. The molecule has 0 radical (unpaired) electrons. The number of benzene rings is 2. The maximum Gasteiger partial charge on any atom is 0.255 e. The number of halogens is 1. The van der Waals surface area contributed by atoms with Crippen LogP contribution in [0.1, 0.15) is 23.2 Å². The monoisotopic (exact) mass is 415 g/mol. The number of nitrogens with zero attached hydrogens (tertiary/aromatic N) is 2. The summed E-state index contributed by atoms with van der Waals surface area (Å²) in [6, 6.07) is 15.5. The molecule has 0 saturated carbocycles. The van der Waals surface area contributed by atoms with Crippen molar-refractivity contribution in [2.24, 2.45) is 5.92 Å². The molecule has 1 heterocycles. The van der Waals surface area contributed by atoms with Crippen molar-refractivity contribution in [1.82, 2.24) is 4.90 Å². The average molecular weight is 416 g/mol. The summed E-state index contributed by atoms with van der Waals surface area (Å²) in [6.07, 6.45) is 2.47. The molecule has 1 fully saturated rings. The van der Waals surface area contributed by atoms with Gasteiger partial charge in [-0.25, -0.2) is 0 Å². The minimum Gasteiger partial charge on any atom is -0.372 e. The minimum atomic E-state index is -0.0882. The molecular weight excluding hydrogens is 390 g/mol. The van der Waals surface area contributed by atoms with Crippen LogP contribution in [0.4, 0.5) is 11.4 Å². The van der Waals surface area contributed by atoms with Crippen molar-refractivity contribution < 1.29 is 4.79 Å². The van der Waals surface area contributed by atoms with E-state index < -0.39 is 0 Å². The molecule has 4 nitrogen and oxygen atoms in total. The molecule has 5 heteroatoms. The highest BCUT2D eigenvalue weighted by Gasteiger charge is 2.19. The fraction of sp³-hybridized carbons (Fsp3) is 0.381. The van der Waals surface area contributed by atoms with Gasteiger partial charge in [0.15, 0.2) is 0 Å². The summed E-state index contributed by atoms with van der Waals surface area (Å²) in [5.74, 6) is 0.709. The van der Waals surface area contributed by atoms with Crippen LogP contribution in [0.3, 0.4) is 0 Å². The molecular formula is C21H26BrN3O. The lowest BCUT2D eigenvalue weighted by molar-refractivity contribution is 0.102. The maximum atomic E-state index is 12.3. The summed E-state index contributed by atoms with van der Waals surface area (Å²) < 4.78 is 0.966. The second-order valence-corrected chi connectivity index (χ2v) is 8.12. The summed E-state index contributed by atoms with van der Waals surface area (Å²) in [5.41, 5.74) is 2.71. The molecule has 138 valence electrons. The van der Waals surface area contributed by atoms with E-state index in [0.29, 0.717) is 5.56 Å². The number of rotatable bonds is 5. The number of nitrogens with one attached hydrogen (secondary N) is 1. The van der Waals surface area contributed by atoms with Crippen LogP contribution in [-0.2, 0) is 0 Å². The Morgan fingerprint density at radius 1 is 1.08 bits per heavy atom. The van der Waals surface area contributed by atoms with Gasteiger partial charge in [0.25, 0.3) is 5.91 Å². The van der Waals surface area contributed by atoms with E-state index in [4.69, 9.17) is 0 Å². The van der Waals surface area contributed by atoms with Gasteiger partial charge in [0.05, 0.1) is 0 Å². The highest BCUT2D eigenvalue weighted by molar-refractivity contribution is 9.10. The van der Waals surface area contributed by atoms with Crippen molar-refractivity contribution in [2.45, 2.75) is 12.8 Å². The lowest BCUT2D eigenvalue weighted by atomic mass is 9.96. The number of amides is 1. The first kappa shape index (κ1) is 18.9. The molecule has 0 aromatic heterocycles.